The normalized spacial score (nSPS) is 20.1. The Bertz CT molecular complexity index is 994. The molecule has 1 heterocycles. The molecule has 2 aromatic rings. The van der Waals surface area contributed by atoms with Crippen molar-refractivity contribution in [3.05, 3.63) is 80.5 Å². The van der Waals surface area contributed by atoms with Crippen LogP contribution in [0, 0.1) is 6.92 Å². The lowest BCUT2D eigenvalue weighted by Crippen LogP contribution is -2.25. The minimum Gasteiger partial charge on any atom is -0.453 e. The Morgan fingerprint density at radius 3 is 2.55 bits per heavy atom. The van der Waals surface area contributed by atoms with Gasteiger partial charge in [0.05, 0.1) is 7.11 Å². The fraction of sp³-hybridized carbons (Fsp3) is 0.318. The van der Waals surface area contributed by atoms with E-state index in [1.165, 1.54) is 25.5 Å². The van der Waals surface area contributed by atoms with Crippen molar-refractivity contribution in [2.24, 2.45) is 10.2 Å². The predicted molar refractivity (Wildman–Crippen MR) is 114 cm³/mol. The maximum atomic E-state index is 11.5. The van der Waals surface area contributed by atoms with E-state index in [0.717, 1.165) is 22.3 Å². The molecule has 150 valence electrons. The molecule has 1 saturated carbocycles. The molecule has 4 rings (SSSR count). The maximum Gasteiger partial charge on any atom is 0.407 e. The molecular weight excluding hydrogens is 409 g/mol. The summed E-state index contributed by atoms with van der Waals surface area (Å²) in [5.41, 5.74) is 3.86. The van der Waals surface area contributed by atoms with Gasteiger partial charge in [-0.2, -0.15) is 10.2 Å². The molecule has 29 heavy (non-hydrogen) atoms. The van der Waals surface area contributed by atoms with Gasteiger partial charge in [-0.25, -0.2) is 4.79 Å². The third-order valence-electron chi connectivity index (χ3n) is 5.49. The molecule has 1 N–H and O–H groups in total. The van der Waals surface area contributed by atoms with E-state index in [1.807, 2.05) is 43.3 Å². The number of ether oxygens (including phenoxy) is 1. The Balaban J connectivity index is 1.78. The lowest BCUT2D eigenvalue weighted by atomic mass is 9.82. The lowest BCUT2D eigenvalue weighted by molar-refractivity contribution is 0.170. The van der Waals surface area contributed by atoms with Crippen molar-refractivity contribution in [3.8, 4) is 0 Å². The first kappa shape index (κ1) is 19.9. The van der Waals surface area contributed by atoms with Crippen molar-refractivity contribution >= 4 is 29.3 Å². The second-order valence-electron chi connectivity index (χ2n) is 7.42. The summed E-state index contributed by atoms with van der Waals surface area (Å²) in [5.74, 6) is 0.547. The van der Waals surface area contributed by atoms with Gasteiger partial charge in [-0.15, -0.1) is 0 Å². The molecule has 0 radical (unpaired) electrons. The average molecular weight is 430 g/mol. The molecule has 2 aliphatic rings. The number of benzene rings is 2. The van der Waals surface area contributed by atoms with E-state index in [2.05, 4.69) is 20.3 Å². The minimum atomic E-state index is -0.899. The highest BCUT2D eigenvalue weighted by Gasteiger charge is 2.39. The van der Waals surface area contributed by atoms with Crippen LogP contribution >= 0.6 is 23.2 Å². The van der Waals surface area contributed by atoms with Crippen molar-refractivity contribution in [3.63, 3.8) is 0 Å². The Labute approximate surface area is 179 Å². The molecule has 1 unspecified atom stereocenters. The molecule has 1 atom stereocenters. The van der Waals surface area contributed by atoms with Crippen molar-refractivity contribution in [2.75, 3.05) is 7.11 Å². The van der Waals surface area contributed by atoms with Crippen LogP contribution < -0.4 is 5.32 Å². The van der Waals surface area contributed by atoms with E-state index < -0.39 is 11.6 Å². The average Bonchev–Trinajstić information content (AvgIpc) is 3.45. The Kier molecular flexibility index (Phi) is 5.36. The second-order valence-corrected chi connectivity index (χ2v) is 8.23. The van der Waals surface area contributed by atoms with E-state index >= 15 is 0 Å². The van der Waals surface area contributed by atoms with Crippen molar-refractivity contribution < 1.29 is 9.53 Å². The number of carbonyl (C=O) groups excluding carboxylic acids is 1. The number of rotatable bonds is 5. The number of alkyl carbamates (subject to hydrolysis) is 1. The summed E-state index contributed by atoms with van der Waals surface area (Å²) in [6, 6.07) is 9.98. The van der Waals surface area contributed by atoms with Gasteiger partial charge in [0.25, 0.3) is 0 Å². The molecule has 2 aromatic carbocycles. The van der Waals surface area contributed by atoms with Crippen molar-refractivity contribution in [2.45, 2.75) is 37.8 Å². The Morgan fingerprint density at radius 1 is 1.24 bits per heavy atom. The van der Waals surface area contributed by atoms with Crippen LogP contribution in [0.4, 0.5) is 4.79 Å². The van der Waals surface area contributed by atoms with E-state index in [0.29, 0.717) is 22.5 Å². The Hall–Kier alpha value is -2.37. The molecule has 0 aromatic heterocycles. The fourth-order valence-electron chi connectivity index (χ4n) is 3.68. The molecule has 1 fully saturated rings. The van der Waals surface area contributed by atoms with Crippen LogP contribution in [-0.4, -0.2) is 13.2 Å². The first-order valence-corrected chi connectivity index (χ1v) is 10.2. The molecule has 0 bridgehead atoms. The predicted octanol–water partition coefficient (Wildman–Crippen LogP) is 6.26. The first-order valence-electron chi connectivity index (χ1n) is 9.45. The van der Waals surface area contributed by atoms with Gasteiger partial charge in [-0.1, -0.05) is 41.4 Å². The molecule has 1 aliphatic heterocycles. The quantitative estimate of drug-likeness (QED) is 0.609. The smallest absolute Gasteiger partial charge is 0.407 e. The molecular formula is C22H21Cl2N3O2. The van der Waals surface area contributed by atoms with Gasteiger partial charge >= 0.3 is 6.09 Å². The van der Waals surface area contributed by atoms with E-state index in [-0.39, 0.29) is 0 Å². The largest absolute Gasteiger partial charge is 0.453 e. The third kappa shape index (κ3) is 3.77. The van der Waals surface area contributed by atoms with Gasteiger partial charge in [0.15, 0.2) is 5.54 Å². The number of aryl methyl sites for hydroxylation is 1. The molecule has 0 saturated heterocycles. The van der Waals surface area contributed by atoms with Gasteiger partial charge in [-0.05, 0) is 66.1 Å². The highest BCUT2D eigenvalue weighted by molar-refractivity contribution is 6.36. The zero-order valence-electron chi connectivity index (χ0n) is 16.2. The monoisotopic (exact) mass is 429 g/mol. The Morgan fingerprint density at radius 2 is 1.97 bits per heavy atom. The SMILES string of the molecule is COC(=O)NCc1cc(C2(c3c(Cl)cc(C4CC4)cc3Cl)C=CN=N2)ccc1C. The summed E-state index contributed by atoms with van der Waals surface area (Å²) in [4.78, 5) is 11.5. The summed E-state index contributed by atoms with van der Waals surface area (Å²) in [6.07, 6.45) is 5.43. The minimum absolute atomic E-state index is 0.339. The van der Waals surface area contributed by atoms with Gasteiger partial charge in [0.2, 0.25) is 0 Å². The van der Waals surface area contributed by atoms with E-state index in [4.69, 9.17) is 23.2 Å². The number of hydrogen-bond acceptors (Lipinski definition) is 4. The lowest BCUT2D eigenvalue weighted by Gasteiger charge is -2.27. The van der Waals surface area contributed by atoms with Gasteiger partial charge in [0.1, 0.15) is 0 Å². The zero-order valence-corrected chi connectivity index (χ0v) is 17.7. The molecule has 7 heteroatoms. The van der Waals surface area contributed by atoms with E-state index in [9.17, 15) is 4.79 Å². The van der Waals surface area contributed by atoms with Crippen LogP contribution in [0.5, 0.6) is 0 Å². The van der Waals surface area contributed by atoms with Gasteiger partial charge < -0.3 is 10.1 Å². The fourth-order valence-corrected chi connectivity index (χ4v) is 4.47. The number of carbonyl (C=O) groups is 1. The summed E-state index contributed by atoms with van der Waals surface area (Å²) in [7, 11) is 1.34. The summed E-state index contributed by atoms with van der Waals surface area (Å²) >= 11 is 13.5. The maximum absolute atomic E-state index is 11.5. The number of halogens is 2. The number of methoxy groups -OCH3 is 1. The van der Waals surface area contributed by atoms with E-state index in [1.54, 1.807) is 6.20 Å². The standard InChI is InChI=1S/C22H21Cl2N3O2/c1-13-3-6-17(9-16(13)12-25-21(28)29-2)22(7-8-26-27-22)20-18(23)10-15(11-19(20)24)14-4-5-14/h3,6-11,14H,4-5,12H2,1-2H3,(H,25,28). The number of nitrogens with zero attached hydrogens (tertiary/aromatic N) is 2. The van der Waals surface area contributed by atoms with Crippen molar-refractivity contribution in [1.29, 1.82) is 0 Å². The van der Waals surface area contributed by atoms with Crippen molar-refractivity contribution in [1.82, 2.24) is 5.32 Å². The van der Waals surface area contributed by atoms with Gasteiger partial charge in [0, 0.05) is 28.4 Å². The highest BCUT2D eigenvalue weighted by atomic mass is 35.5. The summed E-state index contributed by atoms with van der Waals surface area (Å²) in [5, 5.41) is 12.5. The number of hydrogen-bond donors (Lipinski definition) is 1. The summed E-state index contributed by atoms with van der Waals surface area (Å²) < 4.78 is 4.67. The van der Waals surface area contributed by atoms with Crippen LogP contribution in [-0.2, 0) is 16.8 Å². The van der Waals surface area contributed by atoms with Crippen LogP contribution in [0.15, 0.2) is 52.8 Å². The number of amides is 1. The number of azo groups is 1. The molecule has 1 amide bonds. The summed E-state index contributed by atoms with van der Waals surface area (Å²) in [6.45, 7) is 2.33. The molecule has 0 spiro atoms. The highest BCUT2D eigenvalue weighted by Crippen LogP contribution is 2.49. The molecule has 5 nitrogen and oxygen atoms in total. The van der Waals surface area contributed by atoms with Gasteiger partial charge in [-0.3, -0.25) is 0 Å². The topological polar surface area (TPSA) is 63.0 Å². The second kappa shape index (κ2) is 7.81. The zero-order chi connectivity index (χ0) is 20.6. The van der Waals surface area contributed by atoms with Crippen LogP contribution in [0.3, 0.4) is 0 Å². The third-order valence-corrected chi connectivity index (χ3v) is 6.09. The molecule has 1 aliphatic carbocycles. The first-order chi connectivity index (χ1) is 13.9. The number of nitrogens with one attached hydrogen (secondary N) is 1. The van der Waals surface area contributed by atoms with Crippen LogP contribution in [0.1, 0.15) is 46.6 Å². The van der Waals surface area contributed by atoms with Crippen LogP contribution in [0.2, 0.25) is 10.0 Å². The van der Waals surface area contributed by atoms with Crippen LogP contribution in [0.25, 0.3) is 0 Å².